The Morgan fingerprint density at radius 2 is 1.74 bits per heavy atom. The standard InChI is InChI=1S/C16H17F4N3/c1-9-6-10(2)8-23(7-9)14-11-4-3-5-12(17)13(11)21-15(22-14)16(18,19)20/h3-5,9-10H,6-8H2,1-2H3. The maximum Gasteiger partial charge on any atom is 0.451 e. The van der Waals surface area contributed by atoms with Gasteiger partial charge in [-0.15, -0.1) is 0 Å². The third kappa shape index (κ3) is 3.09. The molecule has 2 heterocycles. The minimum absolute atomic E-state index is 0.167. The summed E-state index contributed by atoms with van der Waals surface area (Å²) < 4.78 is 53.2. The van der Waals surface area contributed by atoms with Crippen molar-refractivity contribution in [3.8, 4) is 0 Å². The van der Waals surface area contributed by atoms with Crippen LogP contribution in [0.15, 0.2) is 18.2 Å². The first-order chi connectivity index (χ1) is 10.8. The molecule has 1 fully saturated rings. The first kappa shape index (κ1) is 16.0. The van der Waals surface area contributed by atoms with Crippen LogP contribution in [0.4, 0.5) is 23.4 Å². The molecule has 1 aliphatic rings. The van der Waals surface area contributed by atoms with Gasteiger partial charge in [-0.2, -0.15) is 13.2 Å². The summed E-state index contributed by atoms with van der Waals surface area (Å²) in [6.07, 6.45) is -3.70. The van der Waals surface area contributed by atoms with Crippen LogP contribution < -0.4 is 4.90 Å². The maximum absolute atomic E-state index is 14.0. The first-order valence-corrected chi connectivity index (χ1v) is 7.54. The smallest absolute Gasteiger partial charge is 0.355 e. The number of hydrogen-bond donors (Lipinski definition) is 0. The minimum Gasteiger partial charge on any atom is -0.355 e. The zero-order chi connectivity index (χ0) is 16.8. The van der Waals surface area contributed by atoms with Gasteiger partial charge < -0.3 is 4.90 Å². The minimum atomic E-state index is -4.71. The SMILES string of the molecule is CC1CC(C)CN(c2nc(C(F)(F)F)nc3c(F)cccc23)C1. The van der Waals surface area contributed by atoms with Gasteiger partial charge in [-0.3, -0.25) is 0 Å². The number of anilines is 1. The van der Waals surface area contributed by atoms with E-state index < -0.39 is 17.8 Å². The van der Waals surface area contributed by atoms with E-state index in [4.69, 9.17) is 0 Å². The van der Waals surface area contributed by atoms with E-state index in [2.05, 4.69) is 23.8 Å². The quantitative estimate of drug-likeness (QED) is 0.733. The Labute approximate surface area is 131 Å². The van der Waals surface area contributed by atoms with Gasteiger partial charge in [-0.25, -0.2) is 14.4 Å². The summed E-state index contributed by atoms with van der Waals surface area (Å²) in [6.45, 7) is 5.31. The molecular formula is C16H17F4N3. The Morgan fingerprint density at radius 3 is 2.35 bits per heavy atom. The second-order valence-corrected chi connectivity index (χ2v) is 6.36. The maximum atomic E-state index is 14.0. The zero-order valence-electron chi connectivity index (χ0n) is 12.9. The Morgan fingerprint density at radius 1 is 1.09 bits per heavy atom. The summed E-state index contributed by atoms with van der Waals surface area (Å²) in [7, 11) is 0. The van der Waals surface area contributed by atoms with E-state index >= 15 is 0 Å². The molecule has 0 aliphatic carbocycles. The molecule has 1 saturated heterocycles. The highest BCUT2D eigenvalue weighted by Crippen LogP contribution is 2.34. The molecule has 0 bridgehead atoms. The second kappa shape index (κ2) is 5.62. The Kier molecular flexibility index (Phi) is 3.90. The van der Waals surface area contributed by atoms with E-state index in [0.29, 0.717) is 30.3 Å². The number of para-hydroxylation sites is 1. The molecule has 1 aromatic heterocycles. The largest absolute Gasteiger partial charge is 0.451 e. The van der Waals surface area contributed by atoms with Crippen LogP contribution >= 0.6 is 0 Å². The fourth-order valence-corrected chi connectivity index (χ4v) is 3.30. The van der Waals surface area contributed by atoms with Crippen molar-refractivity contribution >= 4 is 16.7 Å². The first-order valence-electron chi connectivity index (χ1n) is 7.54. The molecule has 2 atom stereocenters. The van der Waals surface area contributed by atoms with Crippen LogP contribution in [0.2, 0.25) is 0 Å². The third-order valence-electron chi connectivity index (χ3n) is 4.08. The molecule has 3 rings (SSSR count). The van der Waals surface area contributed by atoms with Crippen LogP contribution in [0, 0.1) is 17.7 Å². The average molecular weight is 327 g/mol. The van der Waals surface area contributed by atoms with Crippen LogP contribution in [-0.4, -0.2) is 23.1 Å². The summed E-state index contributed by atoms with van der Waals surface area (Å²) in [5, 5.41) is 0.319. The fraction of sp³-hybridized carbons (Fsp3) is 0.500. The van der Waals surface area contributed by atoms with E-state index in [9.17, 15) is 17.6 Å². The predicted molar refractivity (Wildman–Crippen MR) is 79.7 cm³/mol. The summed E-state index contributed by atoms with van der Waals surface area (Å²) in [4.78, 5) is 8.95. The van der Waals surface area contributed by atoms with E-state index in [1.807, 2.05) is 4.90 Å². The topological polar surface area (TPSA) is 29.0 Å². The Balaban J connectivity index is 2.20. The lowest BCUT2D eigenvalue weighted by molar-refractivity contribution is -0.144. The van der Waals surface area contributed by atoms with Crippen molar-refractivity contribution in [1.29, 1.82) is 0 Å². The average Bonchev–Trinajstić information content (AvgIpc) is 2.44. The summed E-state index contributed by atoms with van der Waals surface area (Å²) in [5.74, 6) is -1.22. The summed E-state index contributed by atoms with van der Waals surface area (Å²) in [5.41, 5.74) is -0.282. The van der Waals surface area contributed by atoms with Gasteiger partial charge in [0.2, 0.25) is 5.82 Å². The van der Waals surface area contributed by atoms with Gasteiger partial charge in [-0.1, -0.05) is 19.9 Å². The normalized spacial score (nSPS) is 22.6. The van der Waals surface area contributed by atoms with Crippen molar-refractivity contribution in [1.82, 2.24) is 9.97 Å². The molecule has 23 heavy (non-hydrogen) atoms. The van der Waals surface area contributed by atoms with Crippen molar-refractivity contribution in [2.45, 2.75) is 26.4 Å². The molecule has 124 valence electrons. The number of nitrogens with zero attached hydrogens (tertiary/aromatic N) is 3. The number of aromatic nitrogens is 2. The molecule has 3 nitrogen and oxygen atoms in total. The number of piperidine rings is 1. The number of alkyl halides is 3. The lowest BCUT2D eigenvalue weighted by atomic mass is 9.92. The monoisotopic (exact) mass is 327 g/mol. The third-order valence-corrected chi connectivity index (χ3v) is 4.08. The van der Waals surface area contributed by atoms with Crippen LogP contribution in [0.25, 0.3) is 10.9 Å². The van der Waals surface area contributed by atoms with E-state index in [-0.39, 0.29) is 11.3 Å². The molecule has 0 saturated carbocycles. The van der Waals surface area contributed by atoms with Crippen molar-refractivity contribution in [2.24, 2.45) is 11.8 Å². The highest BCUT2D eigenvalue weighted by molar-refractivity contribution is 5.90. The lowest BCUT2D eigenvalue weighted by Crippen LogP contribution is -2.39. The van der Waals surface area contributed by atoms with Gasteiger partial charge in [0.15, 0.2) is 0 Å². The Hall–Kier alpha value is -1.92. The molecule has 7 heteroatoms. The van der Waals surface area contributed by atoms with Crippen LogP contribution in [0.5, 0.6) is 0 Å². The molecule has 0 amide bonds. The molecule has 0 radical (unpaired) electrons. The van der Waals surface area contributed by atoms with Crippen LogP contribution in [0.3, 0.4) is 0 Å². The fourth-order valence-electron chi connectivity index (χ4n) is 3.30. The Bertz CT molecular complexity index is 719. The number of benzene rings is 1. The van der Waals surface area contributed by atoms with Gasteiger partial charge >= 0.3 is 6.18 Å². The highest BCUT2D eigenvalue weighted by atomic mass is 19.4. The van der Waals surface area contributed by atoms with Gasteiger partial charge in [0, 0.05) is 18.5 Å². The van der Waals surface area contributed by atoms with Crippen molar-refractivity contribution < 1.29 is 17.6 Å². The van der Waals surface area contributed by atoms with E-state index in [0.717, 1.165) is 12.5 Å². The summed E-state index contributed by atoms with van der Waals surface area (Å²) in [6, 6.07) is 4.15. The van der Waals surface area contributed by atoms with Crippen LogP contribution in [-0.2, 0) is 6.18 Å². The predicted octanol–water partition coefficient (Wildman–Crippen LogP) is 4.27. The van der Waals surface area contributed by atoms with Crippen molar-refractivity contribution in [3.05, 3.63) is 29.8 Å². The molecule has 0 spiro atoms. The zero-order valence-corrected chi connectivity index (χ0v) is 12.9. The summed E-state index contributed by atoms with van der Waals surface area (Å²) >= 11 is 0. The molecule has 1 aliphatic heterocycles. The molecule has 2 unspecified atom stereocenters. The lowest BCUT2D eigenvalue weighted by Gasteiger charge is -2.36. The number of fused-ring (bicyclic) bond motifs is 1. The van der Waals surface area contributed by atoms with Crippen LogP contribution in [0.1, 0.15) is 26.1 Å². The number of hydrogen-bond acceptors (Lipinski definition) is 3. The number of rotatable bonds is 1. The van der Waals surface area contributed by atoms with Gasteiger partial charge in [0.25, 0.3) is 0 Å². The second-order valence-electron chi connectivity index (χ2n) is 6.36. The molecule has 0 N–H and O–H groups in total. The van der Waals surface area contributed by atoms with Gasteiger partial charge in [0.05, 0.1) is 0 Å². The van der Waals surface area contributed by atoms with Gasteiger partial charge in [0.1, 0.15) is 17.2 Å². The molecular weight excluding hydrogens is 310 g/mol. The van der Waals surface area contributed by atoms with Crippen molar-refractivity contribution in [2.75, 3.05) is 18.0 Å². The van der Waals surface area contributed by atoms with E-state index in [1.165, 1.54) is 6.07 Å². The molecule has 2 aromatic rings. The molecule has 1 aromatic carbocycles. The highest BCUT2D eigenvalue weighted by Gasteiger charge is 2.37. The van der Waals surface area contributed by atoms with E-state index in [1.54, 1.807) is 6.07 Å². The van der Waals surface area contributed by atoms with Gasteiger partial charge in [-0.05, 0) is 30.4 Å². The number of halogens is 4. The van der Waals surface area contributed by atoms with Crippen molar-refractivity contribution in [3.63, 3.8) is 0 Å².